The zero-order valence-electron chi connectivity index (χ0n) is 9.61. The van der Waals surface area contributed by atoms with E-state index in [9.17, 15) is 17.6 Å². The summed E-state index contributed by atoms with van der Waals surface area (Å²) in [7, 11) is -3.72. The highest BCUT2D eigenvalue weighted by Crippen LogP contribution is 2.26. The third kappa shape index (κ3) is 3.96. The molecule has 18 heavy (non-hydrogen) atoms. The van der Waals surface area contributed by atoms with Gasteiger partial charge in [-0.15, -0.1) is 0 Å². The summed E-state index contributed by atoms with van der Waals surface area (Å²) in [4.78, 5) is 9.81. The third-order valence-electron chi connectivity index (χ3n) is 2.28. The van der Waals surface area contributed by atoms with E-state index >= 15 is 0 Å². The van der Waals surface area contributed by atoms with Crippen LogP contribution in [-0.2, 0) is 21.1 Å². The molecular weight excluding hydrogens is 283 g/mol. The van der Waals surface area contributed by atoms with Gasteiger partial charge in [0.2, 0.25) is 0 Å². The molecule has 0 bridgehead atoms. The average Bonchev–Trinajstić information content (AvgIpc) is 2.12. The number of aryl methyl sites for hydroxylation is 1. The third-order valence-corrected chi connectivity index (χ3v) is 3.85. The summed E-state index contributed by atoms with van der Waals surface area (Å²) in [5.74, 6) is -1.84. The van der Waals surface area contributed by atoms with Crippen LogP contribution in [0.4, 0.5) is 4.39 Å². The standard InChI is InChI=1S/C11H12ClFO4S/c1-18(16,17)11-8(12)5-7(6-9(11)13)3-2-4-10(14)15/h5-6H,2-4H2,1H3,(H,14,15). The van der Waals surface area contributed by atoms with Crippen LogP contribution in [0.5, 0.6) is 0 Å². The Morgan fingerprint density at radius 3 is 2.50 bits per heavy atom. The Hall–Kier alpha value is -1.14. The summed E-state index contributed by atoms with van der Waals surface area (Å²) in [6.07, 6.45) is 1.50. The highest BCUT2D eigenvalue weighted by Gasteiger charge is 2.19. The Morgan fingerprint density at radius 1 is 1.44 bits per heavy atom. The highest BCUT2D eigenvalue weighted by molar-refractivity contribution is 7.90. The van der Waals surface area contributed by atoms with Crippen molar-refractivity contribution in [3.05, 3.63) is 28.5 Å². The molecule has 0 aliphatic carbocycles. The quantitative estimate of drug-likeness (QED) is 0.904. The zero-order valence-corrected chi connectivity index (χ0v) is 11.2. The van der Waals surface area contributed by atoms with E-state index in [1.165, 1.54) is 6.07 Å². The van der Waals surface area contributed by atoms with Crippen molar-refractivity contribution in [3.63, 3.8) is 0 Å². The fourth-order valence-electron chi connectivity index (χ4n) is 1.55. The molecule has 0 aromatic heterocycles. The molecule has 0 heterocycles. The lowest BCUT2D eigenvalue weighted by Crippen LogP contribution is -2.03. The summed E-state index contributed by atoms with van der Waals surface area (Å²) in [6.45, 7) is 0. The summed E-state index contributed by atoms with van der Waals surface area (Å²) >= 11 is 5.73. The number of hydrogen-bond acceptors (Lipinski definition) is 3. The minimum absolute atomic E-state index is 0.0347. The molecule has 7 heteroatoms. The fourth-order valence-corrected chi connectivity index (χ4v) is 3.03. The van der Waals surface area contributed by atoms with Gasteiger partial charge in [0.15, 0.2) is 9.84 Å². The van der Waals surface area contributed by atoms with Crippen LogP contribution in [0.2, 0.25) is 5.02 Å². The number of sulfone groups is 1. The molecule has 1 N–H and O–H groups in total. The van der Waals surface area contributed by atoms with Gasteiger partial charge in [-0.3, -0.25) is 4.79 Å². The number of halogens is 2. The van der Waals surface area contributed by atoms with Crippen molar-refractivity contribution >= 4 is 27.4 Å². The van der Waals surface area contributed by atoms with Crippen LogP contribution < -0.4 is 0 Å². The Bertz CT molecular complexity index is 545. The van der Waals surface area contributed by atoms with Gasteiger partial charge in [-0.1, -0.05) is 11.6 Å². The molecule has 1 aromatic carbocycles. The van der Waals surface area contributed by atoms with Gasteiger partial charge in [-0.05, 0) is 30.5 Å². The topological polar surface area (TPSA) is 71.4 Å². The number of benzene rings is 1. The highest BCUT2D eigenvalue weighted by atomic mass is 35.5. The van der Waals surface area contributed by atoms with Gasteiger partial charge in [0.25, 0.3) is 0 Å². The monoisotopic (exact) mass is 294 g/mol. The van der Waals surface area contributed by atoms with E-state index in [0.717, 1.165) is 12.3 Å². The molecule has 0 aliphatic heterocycles. The first-order valence-electron chi connectivity index (χ1n) is 5.11. The molecular formula is C11H12ClFO4S. The predicted octanol–water partition coefficient (Wildman–Crippen LogP) is 2.29. The lowest BCUT2D eigenvalue weighted by molar-refractivity contribution is -0.137. The Morgan fingerprint density at radius 2 is 2.06 bits per heavy atom. The van der Waals surface area contributed by atoms with E-state index < -0.39 is 26.5 Å². The van der Waals surface area contributed by atoms with Gasteiger partial charge in [0, 0.05) is 12.7 Å². The molecule has 0 aliphatic rings. The number of aliphatic carboxylic acids is 1. The molecule has 0 unspecified atom stereocenters. The maximum Gasteiger partial charge on any atom is 0.303 e. The number of carboxylic acids is 1. The van der Waals surface area contributed by atoms with Gasteiger partial charge < -0.3 is 5.11 Å². The van der Waals surface area contributed by atoms with E-state index in [2.05, 4.69) is 0 Å². The molecule has 0 spiro atoms. The van der Waals surface area contributed by atoms with Crippen LogP contribution >= 0.6 is 11.6 Å². The van der Waals surface area contributed by atoms with Crippen molar-refractivity contribution < 1.29 is 22.7 Å². The van der Waals surface area contributed by atoms with Gasteiger partial charge >= 0.3 is 5.97 Å². The normalized spacial score (nSPS) is 11.5. The maximum atomic E-state index is 13.6. The molecule has 0 atom stereocenters. The van der Waals surface area contributed by atoms with Gasteiger partial charge in [0.1, 0.15) is 10.7 Å². The first kappa shape index (κ1) is 14.9. The van der Waals surface area contributed by atoms with Gasteiger partial charge in [0.05, 0.1) is 5.02 Å². The van der Waals surface area contributed by atoms with Crippen LogP contribution in [0.15, 0.2) is 17.0 Å². The lowest BCUT2D eigenvalue weighted by atomic mass is 10.1. The van der Waals surface area contributed by atoms with E-state index in [1.807, 2.05) is 0 Å². The first-order valence-corrected chi connectivity index (χ1v) is 7.38. The van der Waals surface area contributed by atoms with Crippen LogP contribution in [0.3, 0.4) is 0 Å². The number of carboxylic acid groups (broad SMARTS) is 1. The minimum atomic E-state index is -3.72. The Balaban J connectivity index is 2.97. The summed E-state index contributed by atoms with van der Waals surface area (Å²) < 4.78 is 36.2. The number of hydrogen-bond donors (Lipinski definition) is 1. The Kier molecular flexibility index (Phi) is 4.70. The van der Waals surface area contributed by atoms with Gasteiger partial charge in [-0.2, -0.15) is 0 Å². The van der Waals surface area contributed by atoms with Crippen molar-refractivity contribution in [2.45, 2.75) is 24.2 Å². The molecule has 0 saturated heterocycles. The van der Waals surface area contributed by atoms with Crippen LogP contribution in [0, 0.1) is 5.82 Å². The number of carbonyl (C=O) groups is 1. The summed E-state index contributed by atoms with van der Waals surface area (Å²) in [6, 6.07) is 2.42. The molecule has 100 valence electrons. The molecule has 0 amide bonds. The second kappa shape index (κ2) is 5.67. The van der Waals surface area contributed by atoms with Crippen molar-refractivity contribution in [1.82, 2.24) is 0 Å². The van der Waals surface area contributed by atoms with E-state index in [4.69, 9.17) is 16.7 Å². The average molecular weight is 295 g/mol. The van der Waals surface area contributed by atoms with Crippen molar-refractivity contribution in [2.24, 2.45) is 0 Å². The second-order valence-corrected chi connectivity index (χ2v) is 6.27. The van der Waals surface area contributed by atoms with Gasteiger partial charge in [-0.25, -0.2) is 12.8 Å². The smallest absolute Gasteiger partial charge is 0.303 e. The maximum absolute atomic E-state index is 13.6. The molecule has 0 radical (unpaired) electrons. The molecule has 0 fully saturated rings. The molecule has 0 saturated carbocycles. The lowest BCUT2D eigenvalue weighted by Gasteiger charge is -2.07. The summed E-state index contributed by atoms with van der Waals surface area (Å²) in [5, 5.41) is 8.29. The first-order chi connectivity index (χ1) is 8.21. The van der Waals surface area contributed by atoms with E-state index in [0.29, 0.717) is 18.4 Å². The second-order valence-electron chi connectivity index (χ2n) is 3.91. The van der Waals surface area contributed by atoms with Crippen LogP contribution in [0.25, 0.3) is 0 Å². The van der Waals surface area contributed by atoms with Crippen molar-refractivity contribution in [2.75, 3.05) is 6.26 Å². The molecule has 1 aromatic rings. The largest absolute Gasteiger partial charge is 0.481 e. The fraction of sp³-hybridized carbons (Fsp3) is 0.364. The van der Waals surface area contributed by atoms with Crippen molar-refractivity contribution in [3.8, 4) is 0 Å². The number of rotatable bonds is 5. The van der Waals surface area contributed by atoms with E-state index in [1.54, 1.807) is 0 Å². The zero-order chi connectivity index (χ0) is 13.9. The predicted molar refractivity (Wildman–Crippen MR) is 65.1 cm³/mol. The van der Waals surface area contributed by atoms with Crippen LogP contribution in [-0.4, -0.2) is 25.7 Å². The molecule has 4 nitrogen and oxygen atoms in total. The van der Waals surface area contributed by atoms with Crippen LogP contribution in [0.1, 0.15) is 18.4 Å². The Labute approximate surface area is 109 Å². The SMILES string of the molecule is CS(=O)(=O)c1c(F)cc(CCCC(=O)O)cc1Cl. The van der Waals surface area contributed by atoms with E-state index in [-0.39, 0.29) is 11.4 Å². The summed E-state index contributed by atoms with van der Waals surface area (Å²) in [5.41, 5.74) is 0.478. The molecule has 1 rings (SSSR count). The van der Waals surface area contributed by atoms with Crippen molar-refractivity contribution in [1.29, 1.82) is 0 Å². The minimum Gasteiger partial charge on any atom is -0.481 e.